The van der Waals surface area contributed by atoms with Gasteiger partial charge in [0.2, 0.25) is 5.71 Å². The van der Waals surface area contributed by atoms with E-state index in [1.165, 1.54) is 0 Å². The van der Waals surface area contributed by atoms with Gasteiger partial charge in [-0.1, -0.05) is 97.1 Å². The normalized spacial score (nSPS) is 12.0. The van der Waals surface area contributed by atoms with Crippen LogP contribution in [0.2, 0.25) is 0 Å². The lowest BCUT2D eigenvalue weighted by Gasteiger charge is -2.10. The van der Waals surface area contributed by atoms with E-state index in [1.807, 2.05) is 60.7 Å². The largest absolute Gasteiger partial charge is 0.455 e. The molecular formula is C40H23N3O2. The van der Waals surface area contributed by atoms with E-state index in [0.717, 1.165) is 82.6 Å². The molecule has 0 unspecified atom stereocenters. The second kappa shape index (κ2) is 9.15. The van der Waals surface area contributed by atoms with Crippen LogP contribution in [0.4, 0.5) is 0 Å². The minimum atomic E-state index is 0.585. The first-order chi connectivity index (χ1) is 22.3. The van der Waals surface area contributed by atoms with Crippen molar-refractivity contribution >= 4 is 65.8 Å². The summed E-state index contributed by atoms with van der Waals surface area (Å²) in [6.07, 6.45) is 0. The third kappa shape index (κ3) is 3.49. The summed E-state index contributed by atoms with van der Waals surface area (Å²) in [5, 5.41) is 6.47. The Morgan fingerprint density at radius 3 is 1.96 bits per heavy atom. The summed E-state index contributed by atoms with van der Waals surface area (Å²) in [6.45, 7) is 0. The van der Waals surface area contributed by atoms with Gasteiger partial charge in [-0.05, 0) is 42.5 Å². The molecule has 0 saturated carbocycles. The van der Waals surface area contributed by atoms with Crippen molar-refractivity contribution in [2.45, 2.75) is 0 Å². The van der Waals surface area contributed by atoms with E-state index in [-0.39, 0.29) is 0 Å². The van der Waals surface area contributed by atoms with Crippen molar-refractivity contribution in [2.75, 3.05) is 0 Å². The molecule has 0 bridgehead atoms. The zero-order valence-corrected chi connectivity index (χ0v) is 23.9. The molecule has 210 valence electrons. The summed E-state index contributed by atoms with van der Waals surface area (Å²) in [7, 11) is 0. The summed E-state index contributed by atoms with van der Waals surface area (Å²) < 4.78 is 15.0. The molecular weight excluding hydrogens is 554 g/mol. The van der Waals surface area contributed by atoms with Gasteiger partial charge in [-0.2, -0.15) is 4.98 Å². The summed E-state index contributed by atoms with van der Waals surface area (Å²) in [5.74, 6) is 0.637. The number of hydrogen-bond donors (Lipinski definition) is 0. The zero-order valence-electron chi connectivity index (χ0n) is 23.9. The van der Waals surface area contributed by atoms with Crippen LogP contribution in [0.15, 0.2) is 148 Å². The van der Waals surface area contributed by atoms with Gasteiger partial charge in [0.15, 0.2) is 5.82 Å². The number of furan rings is 2. The minimum absolute atomic E-state index is 0.585. The molecule has 0 fully saturated rings. The van der Waals surface area contributed by atoms with E-state index in [9.17, 15) is 0 Å². The Bertz CT molecular complexity index is 2750. The lowest BCUT2D eigenvalue weighted by Crippen LogP contribution is -1.96. The van der Waals surface area contributed by atoms with Crippen molar-refractivity contribution in [1.29, 1.82) is 0 Å². The molecule has 4 heterocycles. The van der Waals surface area contributed by atoms with Gasteiger partial charge in [0, 0.05) is 38.4 Å². The van der Waals surface area contributed by atoms with Crippen molar-refractivity contribution in [3.8, 4) is 28.3 Å². The van der Waals surface area contributed by atoms with E-state index in [4.69, 9.17) is 18.8 Å². The fourth-order valence-corrected chi connectivity index (χ4v) is 6.83. The molecule has 10 rings (SSSR count). The van der Waals surface area contributed by atoms with E-state index in [0.29, 0.717) is 11.5 Å². The quantitative estimate of drug-likeness (QED) is 0.210. The van der Waals surface area contributed by atoms with Gasteiger partial charge in [-0.15, -0.1) is 0 Å². The molecule has 10 aromatic rings. The number of rotatable bonds is 3. The highest BCUT2D eigenvalue weighted by Gasteiger charge is 2.20. The number of aromatic nitrogens is 3. The van der Waals surface area contributed by atoms with E-state index in [2.05, 4.69) is 83.4 Å². The Hall–Kier alpha value is -6.20. The maximum Gasteiger partial charge on any atom is 0.231 e. The van der Waals surface area contributed by atoms with Crippen LogP contribution in [0.25, 0.3) is 94.1 Å². The second-order valence-electron chi connectivity index (χ2n) is 11.4. The predicted molar refractivity (Wildman–Crippen MR) is 182 cm³/mol. The molecule has 0 aliphatic heterocycles. The smallest absolute Gasteiger partial charge is 0.231 e. The van der Waals surface area contributed by atoms with Gasteiger partial charge < -0.3 is 13.4 Å². The highest BCUT2D eigenvalue weighted by molar-refractivity contribution is 6.23. The van der Waals surface area contributed by atoms with Gasteiger partial charge in [-0.3, -0.25) is 0 Å². The molecule has 0 amide bonds. The summed E-state index contributed by atoms with van der Waals surface area (Å²) in [5.41, 5.74) is 9.29. The number of para-hydroxylation sites is 3. The van der Waals surface area contributed by atoms with Crippen molar-refractivity contribution in [1.82, 2.24) is 14.5 Å². The lowest BCUT2D eigenvalue weighted by atomic mass is 10.0. The van der Waals surface area contributed by atoms with Crippen LogP contribution in [0.1, 0.15) is 0 Å². The highest BCUT2D eigenvalue weighted by Crippen LogP contribution is 2.41. The van der Waals surface area contributed by atoms with Gasteiger partial charge in [-0.25, -0.2) is 4.98 Å². The van der Waals surface area contributed by atoms with Crippen molar-refractivity contribution in [3.63, 3.8) is 0 Å². The van der Waals surface area contributed by atoms with Crippen LogP contribution >= 0.6 is 0 Å². The molecule has 0 spiro atoms. The molecule has 45 heavy (non-hydrogen) atoms. The van der Waals surface area contributed by atoms with E-state index in [1.54, 1.807) is 0 Å². The summed E-state index contributed by atoms with van der Waals surface area (Å²) in [6, 6.07) is 47.9. The number of hydrogen-bond acceptors (Lipinski definition) is 4. The van der Waals surface area contributed by atoms with Crippen molar-refractivity contribution in [3.05, 3.63) is 140 Å². The predicted octanol–water partition coefficient (Wildman–Crippen LogP) is 10.7. The molecule has 0 saturated heterocycles. The molecule has 6 aromatic carbocycles. The fourth-order valence-electron chi connectivity index (χ4n) is 6.83. The topological polar surface area (TPSA) is 57.0 Å². The number of fused-ring (bicyclic) bond motifs is 10. The molecule has 5 nitrogen and oxygen atoms in total. The maximum atomic E-state index is 6.48. The van der Waals surface area contributed by atoms with Crippen LogP contribution in [0.5, 0.6) is 0 Å². The number of nitrogens with zero attached hydrogens (tertiary/aromatic N) is 3. The first kappa shape index (κ1) is 24.3. The standard InChI is InChI=1S/C40H23N3O2/c1-2-10-25(11-3-1)39-41-37(36-30-14-6-9-17-34(30)45-40(36)42-39)24-18-20-26(21-19-24)43-31-15-7-4-13-29(31)35-32(43)23-22-28-27-12-5-8-16-33(27)44-38(28)35/h1-23H. The lowest BCUT2D eigenvalue weighted by molar-refractivity contribution is 0.653. The van der Waals surface area contributed by atoms with Crippen LogP contribution in [0, 0.1) is 0 Å². The van der Waals surface area contributed by atoms with Crippen LogP contribution in [-0.2, 0) is 0 Å². The zero-order chi connectivity index (χ0) is 29.5. The van der Waals surface area contributed by atoms with E-state index >= 15 is 0 Å². The van der Waals surface area contributed by atoms with Crippen molar-refractivity contribution < 1.29 is 8.83 Å². The van der Waals surface area contributed by atoms with E-state index < -0.39 is 0 Å². The Kier molecular flexibility index (Phi) is 4.93. The average molecular weight is 578 g/mol. The Morgan fingerprint density at radius 2 is 1.13 bits per heavy atom. The third-order valence-electron chi connectivity index (χ3n) is 8.85. The second-order valence-corrected chi connectivity index (χ2v) is 11.4. The van der Waals surface area contributed by atoms with Crippen molar-refractivity contribution in [2.24, 2.45) is 0 Å². The SMILES string of the molecule is c1ccc(-c2nc(-c3ccc(-n4c5ccccc5c5c6oc7ccccc7c6ccc54)cc3)c3c(n2)oc2ccccc23)cc1. The Labute approximate surface area is 256 Å². The molecule has 0 N–H and O–H groups in total. The molecule has 0 atom stereocenters. The molecule has 4 aromatic heterocycles. The first-order valence-corrected chi connectivity index (χ1v) is 15.0. The fraction of sp³-hybridized carbons (Fsp3) is 0. The third-order valence-corrected chi connectivity index (χ3v) is 8.85. The number of benzene rings is 6. The van der Waals surface area contributed by atoms with Crippen LogP contribution in [0.3, 0.4) is 0 Å². The Balaban J connectivity index is 1.20. The van der Waals surface area contributed by atoms with Gasteiger partial charge in [0.1, 0.15) is 16.7 Å². The minimum Gasteiger partial charge on any atom is -0.455 e. The van der Waals surface area contributed by atoms with Gasteiger partial charge in [0.25, 0.3) is 0 Å². The van der Waals surface area contributed by atoms with Gasteiger partial charge >= 0.3 is 0 Å². The average Bonchev–Trinajstić information content (AvgIpc) is 3.78. The maximum absolute atomic E-state index is 6.48. The molecule has 0 aliphatic carbocycles. The van der Waals surface area contributed by atoms with Crippen LogP contribution < -0.4 is 0 Å². The Morgan fingerprint density at radius 1 is 0.444 bits per heavy atom. The molecule has 5 heteroatoms. The summed E-state index contributed by atoms with van der Waals surface area (Å²) >= 11 is 0. The highest BCUT2D eigenvalue weighted by atomic mass is 16.3. The monoisotopic (exact) mass is 577 g/mol. The van der Waals surface area contributed by atoms with Crippen LogP contribution in [-0.4, -0.2) is 14.5 Å². The summed E-state index contributed by atoms with van der Waals surface area (Å²) in [4.78, 5) is 9.97. The van der Waals surface area contributed by atoms with Gasteiger partial charge in [0.05, 0.1) is 27.5 Å². The first-order valence-electron chi connectivity index (χ1n) is 15.0. The molecule has 0 radical (unpaired) electrons. The molecule has 0 aliphatic rings.